The summed E-state index contributed by atoms with van der Waals surface area (Å²) in [5.41, 5.74) is 1.99. The van der Waals surface area contributed by atoms with Crippen molar-refractivity contribution in [2.24, 2.45) is 34.5 Å². The van der Waals surface area contributed by atoms with Gasteiger partial charge in [0.15, 0.2) is 0 Å². The first-order valence-electron chi connectivity index (χ1n) is 14.0. The van der Waals surface area contributed by atoms with Gasteiger partial charge in [-0.15, -0.1) is 0 Å². The lowest BCUT2D eigenvalue weighted by Gasteiger charge is -2.58. The number of rotatable bonds is 4. The highest BCUT2D eigenvalue weighted by molar-refractivity contribution is 5.25. The summed E-state index contributed by atoms with van der Waals surface area (Å²) >= 11 is 0. The van der Waals surface area contributed by atoms with E-state index in [-0.39, 0.29) is 6.10 Å². The fourth-order valence-corrected chi connectivity index (χ4v) is 8.90. The highest BCUT2D eigenvalue weighted by Gasteiger charge is 2.58. The molecule has 5 aliphatic rings. The standard InChI is InChI=1S/C27H44O3.C2H6/c1-25-13-10-24-22(7-5-20-18-21(28)9-12-26(20,24)2)23(25)8-6-19(25)4-3-11-27(29)14-16-30-17-15-27;1-2/h5,19,21-24,28-29H,3-4,6-18H2,1-2H3;1-2H3. The Morgan fingerprint density at radius 1 is 0.969 bits per heavy atom. The predicted molar refractivity (Wildman–Crippen MR) is 131 cm³/mol. The summed E-state index contributed by atoms with van der Waals surface area (Å²) in [5, 5.41) is 21.1. The van der Waals surface area contributed by atoms with Gasteiger partial charge >= 0.3 is 0 Å². The van der Waals surface area contributed by atoms with E-state index in [1.165, 1.54) is 51.4 Å². The number of hydrogen-bond acceptors (Lipinski definition) is 3. The van der Waals surface area contributed by atoms with Crippen molar-refractivity contribution in [3.8, 4) is 0 Å². The smallest absolute Gasteiger partial charge is 0.0691 e. The van der Waals surface area contributed by atoms with E-state index in [0.29, 0.717) is 10.8 Å². The Kier molecular flexibility index (Phi) is 7.50. The van der Waals surface area contributed by atoms with E-state index in [1.54, 1.807) is 5.57 Å². The zero-order valence-electron chi connectivity index (χ0n) is 21.4. The Morgan fingerprint density at radius 3 is 2.47 bits per heavy atom. The first kappa shape index (κ1) is 24.7. The van der Waals surface area contributed by atoms with Crippen molar-refractivity contribution < 1.29 is 14.9 Å². The van der Waals surface area contributed by atoms with Crippen molar-refractivity contribution in [2.75, 3.05) is 13.2 Å². The van der Waals surface area contributed by atoms with Gasteiger partial charge in [0.05, 0.1) is 11.7 Å². The summed E-state index contributed by atoms with van der Waals surface area (Å²) in [6.07, 6.45) is 17.5. The van der Waals surface area contributed by atoms with Crippen LogP contribution in [0, 0.1) is 34.5 Å². The maximum Gasteiger partial charge on any atom is 0.0691 e. The van der Waals surface area contributed by atoms with E-state index in [2.05, 4.69) is 19.9 Å². The molecule has 3 nitrogen and oxygen atoms in total. The van der Waals surface area contributed by atoms with Crippen molar-refractivity contribution in [1.82, 2.24) is 0 Å². The van der Waals surface area contributed by atoms with Gasteiger partial charge in [-0.3, -0.25) is 0 Å². The van der Waals surface area contributed by atoms with Gasteiger partial charge in [0, 0.05) is 13.2 Å². The summed E-state index contributed by atoms with van der Waals surface area (Å²) in [6, 6.07) is 0. The Morgan fingerprint density at radius 2 is 1.72 bits per heavy atom. The zero-order chi connectivity index (χ0) is 23.0. The zero-order valence-corrected chi connectivity index (χ0v) is 21.4. The Hall–Kier alpha value is -0.380. The molecule has 4 fully saturated rings. The Labute approximate surface area is 197 Å². The van der Waals surface area contributed by atoms with Crippen molar-refractivity contribution in [3.63, 3.8) is 0 Å². The molecule has 2 N–H and O–H groups in total. The lowest BCUT2D eigenvalue weighted by Crippen LogP contribution is -2.50. The third-order valence-corrected chi connectivity index (χ3v) is 10.9. The minimum atomic E-state index is -0.459. The van der Waals surface area contributed by atoms with E-state index in [4.69, 9.17) is 4.74 Å². The highest BCUT2D eigenvalue weighted by Crippen LogP contribution is 2.66. The van der Waals surface area contributed by atoms with Crippen LogP contribution in [0.15, 0.2) is 11.6 Å². The van der Waals surface area contributed by atoms with Gasteiger partial charge in [-0.2, -0.15) is 0 Å². The average molecular weight is 447 g/mol. The predicted octanol–water partition coefficient (Wildman–Crippen LogP) is 6.66. The minimum absolute atomic E-state index is 0.101. The monoisotopic (exact) mass is 446 g/mol. The van der Waals surface area contributed by atoms with Crippen molar-refractivity contribution in [2.45, 2.75) is 123 Å². The van der Waals surface area contributed by atoms with Crippen LogP contribution in [0.25, 0.3) is 0 Å². The lowest BCUT2D eigenvalue weighted by molar-refractivity contribution is -0.0722. The fraction of sp³-hybridized carbons (Fsp3) is 0.931. The first-order valence-corrected chi connectivity index (χ1v) is 14.0. The molecule has 32 heavy (non-hydrogen) atoms. The molecule has 0 aromatic heterocycles. The number of fused-ring (bicyclic) bond motifs is 5. The molecule has 0 aromatic rings. The van der Waals surface area contributed by atoms with Gasteiger partial charge in [-0.05, 0) is 112 Å². The molecule has 5 rings (SSSR count). The van der Waals surface area contributed by atoms with Gasteiger partial charge < -0.3 is 14.9 Å². The molecule has 4 aliphatic carbocycles. The molecule has 184 valence electrons. The molecule has 0 bridgehead atoms. The van der Waals surface area contributed by atoms with Crippen LogP contribution in [-0.2, 0) is 4.74 Å². The Bertz CT molecular complexity index is 665. The molecule has 0 radical (unpaired) electrons. The fourth-order valence-electron chi connectivity index (χ4n) is 8.90. The summed E-state index contributed by atoms with van der Waals surface area (Å²) < 4.78 is 5.45. The molecule has 3 saturated carbocycles. The van der Waals surface area contributed by atoms with Crippen molar-refractivity contribution in [3.05, 3.63) is 11.6 Å². The van der Waals surface area contributed by atoms with Crippen LogP contribution in [0.5, 0.6) is 0 Å². The Balaban J connectivity index is 0.00000119. The van der Waals surface area contributed by atoms with E-state index >= 15 is 0 Å². The van der Waals surface area contributed by atoms with Crippen LogP contribution < -0.4 is 0 Å². The topological polar surface area (TPSA) is 49.7 Å². The molecular formula is C29H50O3. The van der Waals surface area contributed by atoms with Crippen LogP contribution in [-0.4, -0.2) is 35.1 Å². The van der Waals surface area contributed by atoms with E-state index < -0.39 is 5.60 Å². The molecule has 3 heteroatoms. The van der Waals surface area contributed by atoms with Gasteiger partial charge in [0.1, 0.15) is 0 Å². The number of aliphatic hydroxyl groups excluding tert-OH is 1. The second-order valence-corrected chi connectivity index (χ2v) is 12.2. The van der Waals surface area contributed by atoms with Crippen LogP contribution in [0.2, 0.25) is 0 Å². The lowest BCUT2D eigenvalue weighted by atomic mass is 9.47. The summed E-state index contributed by atoms with van der Waals surface area (Å²) in [4.78, 5) is 0. The largest absolute Gasteiger partial charge is 0.393 e. The molecule has 1 saturated heterocycles. The normalized spacial score (nSPS) is 44.9. The average Bonchev–Trinajstić information content (AvgIpc) is 3.12. The highest BCUT2D eigenvalue weighted by atomic mass is 16.5. The molecule has 1 aliphatic heterocycles. The van der Waals surface area contributed by atoms with E-state index in [0.717, 1.165) is 69.0 Å². The van der Waals surface area contributed by atoms with Gasteiger partial charge in [0.2, 0.25) is 0 Å². The van der Waals surface area contributed by atoms with Crippen LogP contribution in [0.3, 0.4) is 0 Å². The molecule has 7 atom stereocenters. The van der Waals surface area contributed by atoms with Gasteiger partial charge in [-0.1, -0.05) is 45.8 Å². The maximum absolute atomic E-state index is 10.8. The second-order valence-electron chi connectivity index (χ2n) is 12.2. The molecule has 0 spiro atoms. The van der Waals surface area contributed by atoms with Crippen LogP contribution in [0.1, 0.15) is 111 Å². The number of aliphatic hydroxyl groups is 2. The third kappa shape index (κ3) is 4.36. The van der Waals surface area contributed by atoms with Crippen LogP contribution in [0.4, 0.5) is 0 Å². The summed E-state index contributed by atoms with van der Waals surface area (Å²) in [6.45, 7) is 10.6. The molecular weight excluding hydrogens is 396 g/mol. The molecule has 0 amide bonds. The molecule has 0 aromatic carbocycles. The van der Waals surface area contributed by atoms with Crippen molar-refractivity contribution in [1.29, 1.82) is 0 Å². The SMILES string of the molecule is CC.CC12CCC(O)CC1=CCC1C2CCC2(C)C(CCCC3(O)CCOCC3)CCC12. The number of ether oxygens (including phenoxy) is 1. The van der Waals surface area contributed by atoms with E-state index in [1.807, 2.05) is 13.8 Å². The minimum Gasteiger partial charge on any atom is -0.393 e. The first-order chi connectivity index (χ1) is 15.3. The maximum atomic E-state index is 10.8. The number of hydrogen-bond donors (Lipinski definition) is 2. The van der Waals surface area contributed by atoms with Gasteiger partial charge in [-0.25, -0.2) is 0 Å². The van der Waals surface area contributed by atoms with E-state index in [9.17, 15) is 10.2 Å². The number of allylic oxidation sites excluding steroid dienone is 1. The summed E-state index contributed by atoms with van der Waals surface area (Å²) in [5.74, 6) is 3.43. The molecule has 7 unspecified atom stereocenters. The summed E-state index contributed by atoms with van der Waals surface area (Å²) in [7, 11) is 0. The third-order valence-electron chi connectivity index (χ3n) is 10.9. The van der Waals surface area contributed by atoms with Gasteiger partial charge in [0.25, 0.3) is 0 Å². The second kappa shape index (κ2) is 9.70. The molecule has 1 heterocycles. The quantitative estimate of drug-likeness (QED) is 0.474. The van der Waals surface area contributed by atoms with Crippen LogP contribution >= 0.6 is 0 Å². The van der Waals surface area contributed by atoms with Crippen molar-refractivity contribution >= 4 is 0 Å².